The maximum Gasteiger partial charge on any atom is 0.306 e. The number of rotatable bonds is 15. The van der Waals surface area contributed by atoms with Crippen molar-refractivity contribution in [3.05, 3.63) is 93.9 Å². The van der Waals surface area contributed by atoms with Gasteiger partial charge in [-0.1, -0.05) is 35.4 Å². The smallest absolute Gasteiger partial charge is 0.306 e. The van der Waals surface area contributed by atoms with Crippen molar-refractivity contribution >= 4 is 23.5 Å². The second kappa shape index (κ2) is 16.0. The normalized spacial score (nSPS) is 17.0. The van der Waals surface area contributed by atoms with Gasteiger partial charge < -0.3 is 34.1 Å². The summed E-state index contributed by atoms with van der Waals surface area (Å²) < 4.78 is 28.5. The Kier molecular flexibility index (Phi) is 11.9. The first-order chi connectivity index (χ1) is 23.0. The summed E-state index contributed by atoms with van der Waals surface area (Å²) in [4.78, 5) is 35.4. The number of nitrogens with one attached hydrogen (secondary N) is 1. The van der Waals surface area contributed by atoms with Crippen LogP contribution in [0.25, 0.3) is 10.4 Å². The third-order valence-electron chi connectivity index (χ3n) is 7.43. The minimum Gasteiger partial charge on any atom is -0.494 e. The summed E-state index contributed by atoms with van der Waals surface area (Å²) in [6.45, 7) is 5.76. The van der Waals surface area contributed by atoms with Gasteiger partial charge in [-0.05, 0) is 74.7 Å². The Bertz CT molecular complexity index is 1660. The van der Waals surface area contributed by atoms with Gasteiger partial charge >= 0.3 is 5.97 Å². The molecule has 0 fully saturated rings. The SMILES string of the molecule is COc1ccc(CNC(=O)[C@]2(CCC(=O)OC(C)(C)C)N=C(c3ccc(OCCCO)cc3)O[C@@H]2c2ccccc2N=[N+]=[N-])cc1OC. The van der Waals surface area contributed by atoms with E-state index in [0.717, 1.165) is 5.56 Å². The average molecular weight is 660 g/mol. The molecule has 2 N–H and O–H groups in total. The minimum absolute atomic E-state index is 0.0148. The lowest BCUT2D eigenvalue weighted by atomic mass is 9.82. The molecule has 0 bridgehead atoms. The molecule has 0 unspecified atom stereocenters. The number of nitrogens with zero attached hydrogens (tertiary/aromatic N) is 4. The Morgan fingerprint density at radius 2 is 1.79 bits per heavy atom. The molecule has 254 valence electrons. The van der Waals surface area contributed by atoms with Crippen molar-refractivity contribution in [3.63, 3.8) is 0 Å². The van der Waals surface area contributed by atoms with Crippen LogP contribution in [0, 0.1) is 0 Å². The molecule has 1 amide bonds. The highest BCUT2D eigenvalue weighted by molar-refractivity contribution is 6.01. The molecule has 0 aliphatic carbocycles. The van der Waals surface area contributed by atoms with Crippen molar-refractivity contribution in [1.82, 2.24) is 5.32 Å². The zero-order valence-electron chi connectivity index (χ0n) is 27.8. The van der Waals surface area contributed by atoms with Gasteiger partial charge in [0.15, 0.2) is 23.1 Å². The fourth-order valence-electron chi connectivity index (χ4n) is 5.21. The molecule has 1 aliphatic rings. The van der Waals surface area contributed by atoms with Crippen molar-refractivity contribution in [2.45, 2.75) is 63.8 Å². The fourth-order valence-corrected chi connectivity index (χ4v) is 5.21. The zero-order valence-corrected chi connectivity index (χ0v) is 27.8. The Hall–Kier alpha value is -5.26. The lowest BCUT2D eigenvalue weighted by Gasteiger charge is -2.31. The summed E-state index contributed by atoms with van der Waals surface area (Å²) in [6.07, 6.45) is -0.829. The molecule has 0 radical (unpaired) electrons. The summed E-state index contributed by atoms with van der Waals surface area (Å²) in [5.41, 5.74) is 8.88. The number of benzene rings is 3. The number of carbonyl (C=O) groups excluding carboxylic acids is 2. The maximum atomic E-state index is 14.5. The summed E-state index contributed by atoms with van der Waals surface area (Å²) in [7, 11) is 3.06. The summed E-state index contributed by atoms with van der Waals surface area (Å²) >= 11 is 0. The van der Waals surface area contributed by atoms with Crippen LogP contribution in [-0.4, -0.2) is 61.5 Å². The topological polar surface area (TPSA) is 174 Å². The van der Waals surface area contributed by atoms with Crippen molar-refractivity contribution in [3.8, 4) is 17.2 Å². The van der Waals surface area contributed by atoms with Crippen LogP contribution in [0.3, 0.4) is 0 Å². The molecule has 0 saturated heterocycles. The van der Waals surface area contributed by atoms with Gasteiger partial charge in [0.1, 0.15) is 11.4 Å². The monoisotopic (exact) mass is 659 g/mol. The van der Waals surface area contributed by atoms with E-state index in [-0.39, 0.29) is 37.6 Å². The molecule has 48 heavy (non-hydrogen) atoms. The van der Waals surface area contributed by atoms with Crippen molar-refractivity contribution in [2.75, 3.05) is 27.4 Å². The van der Waals surface area contributed by atoms with E-state index in [0.29, 0.717) is 41.4 Å². The first-order valence-electron chi connectivity index (χ1n) is 15.5. The molecule has 3 aromatic rings. The molecule has 0 spiro atoms. The fraction of sp³-hybridized carbons (Fsp3) is 0.400. The third kappa shape index (κ3) is 8.75. The summed E-state index contributed by atoms with van der Waals surface area (Å²) in [6, 6.07) is 19.0. The number of methoxy groups -OCH3 is 2. The van der Waals surface area contributed by atoms with Crippen LogP contribution in [0.4, 0.5) is 5.69 Å². The van der Waals surface area contributed by atoms with Gasteiger partial charge in [-0.2, -0.15) is 0 Å². The van der Waals surface area contributed by atoms with E-state index >= 15 is 0 Å². The van der Waals surface area contributed by atoms with Crippen LogP contribution < -0.4 is 19.5 Å². The number of amides is 1. The first kappa shape index (κ1) is 35.6. The van der Waals surface area contributed by atoms with E-state index in [4.69, 9.17) is 33.8 Å². The molecule has 0 saturated carbocycles. The van der Waals surface area contributed by atoms with Crippen LogP contribution in [0.15, 0.2) is 76.8 Å². The number of hydrogen-bond acceptors (Lipinski definition) is 10. The lowest BCUT2D eigenvalue weighted by Crippen LogP contribution is -2.48. The van der Waals surface area contributed by atoms with Gasteiger partial charge in [0.25, 0.3) is 5.91 Å². The molecule has 3 aromatic carbocycles. The van der Waals surface area contributed by atoms with Crippen LogP contribution in [0.1, 0.15) is 62.8 Å². The zero-order chi connectivity index (χ0) is 34.7. The molecule has 13 nitrogen and oxygen atoms in total. The number of azide groups is 1. The van der Waals surface area contributed by atoms with Crippen LogP contribution >= 0.6 is 0 Å². The molecule has 2 atom stereocenters. The van der Waals surface area contributed by atoms with Gasteiger partial charge in [-0.3, -0.25) is 9.59 Å². The van der Waals surface area contributed by atoms with E-state index in [1.165, 1.54) is 14.2 Å². The van der Waals surface area contributed by atoms with Crippen molar-refractivity contribution < 1.29 is 38.4 Å². The van der Waals surface area contributed by atoms with Crippen molar-refractivity contribution in [1.29, 1.82) is 0 Å². The second-order valence-electron chi connectivity index (χ2n) is 12.0. The molecule has 13 heteroatoms. The Morgan fingerprint density at radius 3 is 2.46 bits per heavy atom. The number of ether oxygens (including phenoxy) is 5. The molecule has 1 aliphatic heterocycles. The lowest BCUT2D eigenvalue weighted by molar-refractivity contribution is -0.155. The number of hydrogen-bond donors (Lipinski definition) is 2. The minimum atomic E-state index is -1.68. The van der Waals surface area contributed by atoms with Crippen molar-refractivity contribution in [2.24, 2.45) is 10.1 Å². The quantitative estimate of drug-likeness (QED) is 0.0647. The molecule has 0 aromatic heterocycles. The predicted molar refractivity (Wildman–Crippen MR) is 178 cm³/mol. The highest BCUT2D eigenvalue weighted by atomic mass is 16.6. The number of aliphatic hydroxyl groups excluding tert-OH is 1. The van der Waals surface area contributed by atoms with Gasteiger partial charge in [0, 0.05) is 47.7 Å². The van der Waals surface area contributed by atoms with Crippen LogP contribution in [0.2, 0.25) is 0 Å². The number of carbonyl (C=O) groups is 2. The summed E-state index contributed by atoms with van der Waals surface area (Å²) in [5, 5.41) is 15.9. The van der Waals surface area contributed by atoms with E-state index in [2.05, 4.69) is 15.3 Å². The summed E-state index contributed by atoms with van der Waals surface area (Å²) in [5.74, 6) is 0.756. The van der Waals surface area contributed by atoms with E-state index in [9.17, 15) is 15.1 Å². The second-order valence-corrected chi connectivity index (χ2v) is 12.0. The molecular weight excluding hydrogens is 618 g/mol. The number of aliphatic imine (C=N–C) groups is 1. The van der Waals surface area contributed by atoms with Gasteiger partial charge in [-0.25, -0.2) is 4.99 Å². The third-order valence-corrected chi connectivity index (χ3v) is 7.43. The van der Waals surface area contributed by atoms with Gasteiger partial charge in [-0.15, -0.1) is 0 Å². The largest absolute Gasteiger partial charge is 0.494 e. The molecular formula is C35H41N5O8. The van der Waals surface area contributed by atoms with E-state index in [1.54, 1.807) is 87.5 Å². The van der Waals surface area contributed by atoms with E-state index in [1.807, 2.05) is 0 Å². The Balaban J connectivity index is 1.78. The first-order valence-corrected chi connectivity index (χ1v) is 15.5. The van der Waals surface area contributed by atoms with Crippen LogP contribution in [0.5, 0.6) is 17.2 Å². The highest BCUT2D eigenvalue weighted by Crippen LogP contribution is 2.46. The number of esters is 1. The van der Waals surface area contributed by atoms with E-state index < -0.39 is 29.1 Å². The highest BCUT2D eigenvalue weighted by Gasteiger charge is 2.54. The average Bonchev–Trinajstić information content (AvgIpc) is 3.47. The molecule has 1 heterocycles. The maximum absolute atomic E-state index is 14.5. The van der Waals surface area contributed by atoms with Crippen LogP contribution in [-0.2, 0) is 25.6 Å². The number of aliphatic hydroxyl groups is 1. The van der Waals surface area contributed by atoms with Gasteiger partial charge in [0.05, 0.1) is 20.8 Å². The van der Waals surface area contributed by atoms with Gasteiger partial charge in [0.2, 0.25) is 5.90 Å². The predicted octanol–water partition coefficient (Wildman–Crippen LogP) is 6.10. The Labute approximate surface area is 279 Å². The molecule has 4 rings (SSSR count). The Morgan fingerprint density at radius 1 is 1.06 bits per heavy atom. The standard InChI is InChI=1S/C35H41N5O8/c1-34(2,3)48-30(42)17-18-35(33(43)37-22-23-11-16-28(44-4)29(21-23)45-5)31(26-9-6-7-10-27(26)39-40-36)47-32(38-35)24-12-14-25(15-13-24)46-20-8-19-41/h6-7,9-16,21,31,41H,8,17-20,22H2,1-5H3,(H,37,43)/t31-,35-/m1/s1.